The quantitative estimate of drug-likeness (QED) is 0.187. The molecule has 4 saturated carbocycles. The highest BCUT2D eigenvalue weighted by molar-refractivity contribution is 7.99. The van der Waals surface area contributed by atoms with Crippen molar-refractivity contribution < 1.29 is 0 Å². The Morgan fingerprint density at radius 2 is 1.06 bits per heavy atom. The Labute approximate surface area is 303 Å². The molecule has 0 N–H and O–H groups in total. The van der Waals surface area contributed by atoms with E-state index in [0.717, 1.165) is 11.8 Å². The van der Waals surface area contributed by atoms with E-state index < -0.39 is 0 Å². The van der Waals surface area contributed by atoms with Crippen molar-refractivity contribution in [2.75, 3.05) is 4.90 Å². The van der Waals surface area contributed by atoms with Crippen LogP contribution >= 0.6 is 11.8 Å². The first kappa shape index (κ1) is 31.0. The van der Waals surface area contributed by atoms with Crippen LogP contribution in [0.25, 0.3) is 11.1 Å². The van der Waals surface area contributed by atoms with E-state index in [0.29, 0.717) is 11.8 Å². The van der Waals surface area contributed by atoms with Gasteiger partial charge in [0.15, 0.2) is 0 Å². The van der Waals surface area contributed by atoms with Gasteiger partial charge in [0.2, 0.25) is 0 Å². The van der Waals surface area contributed by atoms with Crippen molar-refractivity contribution in [2.45, 2.75) is 98.7 Å². The van der Waals surface area contributed by atoms with Crippen molar-refractivity contribution in [2.24, 2.45) is 23.7 Å². The van der Waals surface area contributed by atoms with Crippen LogP contribution < -0.4 is 4.90 Å². The Hall–Kier alpha value is -3.75. The number of benzene rings is 5. The highest BCUT2D eigenvalue weighted by Crippen LogP contribution is 2.70. The lowest BCUT2D eigenvalue weighted by Gasteiger charge is -2.63. The summed E-state index contributed by atoms with van der Waals surface area (Å²) in [6.45, 7) is 9.91. The number of anilines is 3. The van der Waals surface area contributed by atoms with Crippen LogP contribution in [0.15, 0.2) is 125 Å². The summed E-state index contributed by atoms with van der Waals surface area (Å²) in [4.78, 5) is 5.68. The van der Waals surface area contributed by atoms with Crippen LogP contribution in [0.4, 0.5) is 17.1 Å². The van der Waals surface area contributed by atoms with Crippen molar-refractivity contribution in [3.63, 3.8) is 0 Å². The fraction of sp³-hybridized carbons (Fsp3) is 0.375. The Morgan fingerprint density at radius 1 is 0.500 bits per heavy atom. The number of hydrogen-bond donors (Lipinski definition) is 0. The molecule has 0 atom stereocenters. The lowest BCUT2D eigenvalue weighted by atomic mass is 9.42. The first-order chi connectivity index (χ1) is 24.2. The second-order valence-electron chi connectivity index (χ2n) is 17.6. The third kappa shape index (κ3) is 4.46. The monoisotopic (exact) mass is 671 g/mol. The fourth-order valence-electron chi connectivity index (χ4n) is 11.9. The lowest BCUT2D eigenvalue weighted by molar-refractivity contribution is -0.0441. The van der Waals surface area contributed by atoms with Crippen LogP contribution in [0.3, 0.4) is 0 Å². The SMILES string of the molecule is CC1(C)CCC(C)(C)c2c(N(c3ccc(-c4ccccc4)cc3)c3cccc4c3C3(c5ccccc5S4)C4CC5CC(C4)CC3C5)cccc21. The molecule has 1 nitrogen and oxygen atoms in total. The van der Waals surface area contributed by atoms with E-state index in [1.54, 1.807) is 11.1 Å². The van der Waals surface area contributed by atoms with Crippen LogP contribution in [0.1, 0.15) is 94.9 Å². The zero-order valence-corrected chi connectivity index (χ0v) is 30.9. The van der Waals surface area contributed by atoms with E-state index in [-0.39, 0.29) is 16.2 Å². The zero-order valence-electron chi connectivity index (χ0n) is 30.1. The zero-order chi connectivity index (χ0) is 33.8. The summed E-state index contributed by atoms with van der Waals surface area (Å²) in [7, 11) is 0. The molecule has 5 aliphatic carbocycles. The molecule has 0 unspecified atom stereocenters. The van der Waals surface area contributed by atoms with Gasteiger partial charge >= 0.3 is 0 Å². The normalized spacial score (nSPS) is 27.8. The molecule has 6 aliphatic rings. The predicted octanol–water partition coefficient (Wildman–Crippen LogP) is 13.4. The van der Waals surface area contributed by atoms with Gasteiger partial charge in [-0.25, -0.2) is 0 Å². The molecule has 0 amide bonds. The third-order valence-electron chi connectivity index (χ3n) is 13.9. The van der Waals surface area contributed by atoms with Crippen molar-refractivity contribution >= 4 is 28.8 Å². The van der Waals surface area contributed by atoms with E-state index in [1.807, 2.05) is 11.8 Å². The van der Waals surface area contributed by atoms with Gasteiger partial charge in [0, 0.05) is 26.5 Å². The summed E-state index contributed by atoms with van der Waals surface area (Å²) in [5.74, 6) is 3.21. The van der Waals surface area contributed by atoms with Gasteiger partial charge < -0.3 is 4.90 Å². The molecule has 252 valence electrons. The fourth-order valence-corrected chi connectivity index (χ4v) is 13.1. The molecular formula is C48H49NS. The maximum Gasteiger partial charge on any atom is 0.0514 e. The van der Waals surface area contributed by atoms with Gasteiger partial charge in [-0.05, 0) is 144 Å². The summed E-state index contributed by atoms with van der Waals surface area (Å²) < 4.78 is 0. The number of rotatable bonds is 4. The molecule has 5 aromatic carbocycles. The van der Waals surface area contributed by atoms with Gasteiger partial charge in [0.1, 0.15) is 0 Å². The Bertz CT molecular complexity index is 2080. The van der Waals surface area contributed by atoms with E-state index in [9.17, 15) is 0 Å². The van der Waals surface area contributed by atoms with Crippen LogP contribution in [0, 0.1) is 23.7 Å². The first-order valence-corrected chi connectivity index (χ1v) is 20.1. The second kappa shape index (κ2) is 11.1. The number of nitrogens with zero attached hydrogens (tertiary/aromatic N) is 1. The maximum atomic E-state index is 2.72. The molecule has 4 fully saturated rings. The average molecular weight is 672 g/mol. The summed E-state index contributed by atoms with van der Waals surface area (Å²) >= 11 is 2.02. The van der Waals surface area contributed by atoms with Crippen molar-refractivity contribution in [3.05, 3.63) is 138 Å². The highest BCUT2D eigenvalue weighted by Gasteiger charge is 2.61. The van der Waals surface area contributed by atoms with Crippen LogP contribution in [-0.2, 0) is 16.2 Å². The molecule has 5 aromatic rings. The molecule has 1 aliphatic heterocycles. The van der Waals surface area contributed by atoms with Crippen molar-refractivity contribution in [1.82, 2.24) is 0 Å². The second-order valence-corrected chi connectivity index (χ2v) is 18.7. The van der Waals surface area contributed by atoms with E-state index >= 15 is 0 Å². The van der Waals surface area contributed by atoms with Gasteiger partial charge in [-0.1, -0.05) is 118 Å². The molecule has 0 radical (unpaired) electrons. The molecule has 1 heterocycles. The molecule has 2 heteroatoms. The molecular weight excluding hydrogens is 623 g/mol. The largest absolute Gasteiger partial charge is 0.310 e. The topological polar surface area (TPSA) is 3.24 Å². The molecule has 0 saturated heterocycles. The van der Waals surface area contributed by atoms with Crippen LogP contribution in [0.2, 0.25) is 0 Å². The number of fused-ring (bicyclic) bond motifs is 3. The minimum absolute atomic E-state index is 0.0487. The molecule has 0 aromatic heterocycles. The maximum absolute atomic E-state index is 2.72. The van der Waals surface area contributed by atoms with E-state index in [1.165, 1.54) is 94.1 Å². The Balaban J connectivity index is 1.26. The minimum atomic E-state index is 0.0487. The van der Waals surface area contributed by atoms with E-state index in [2.05, 4.69) is 148 Å². The highest BCUT2D eigenvalue weighted by atomic mass is 32.2. The smallest absolute Gasteiger partial charge is 0.0514 e. The summed E-state index contributed by atoms with van der Waals surface area (Å²) in [5, 5.41) is 0. The summed E-state index contributed by atoms with van der Waals surface area (Å²) in [6.07, 6.45) is 9.40. The third-order valence-corrected chi connectivity index (χ3v) is 15.1. The molecule has 50 heavy (non-hydrogen) atoms. The molecule has 1 spiro atoms. The first-order valence-electron chi connectivity index (χ1n) is 19.2. The van der Waals surface area contributed by atoms with Gasteiger partial charge in [0.25, 0.3) is 0 Å². The Morgan fingerprint density at radius 3 is 1.78 bits per heavy atom. The minimum Gasteiger partial charge on any atom is -0.310 e. The van der Waals surface area contributed by atoms with Gasteiger partial charge in [-0.3, -0.25) is 0 Å². The summed E-state index contributed by atoms with van der Waals surface area (Å²) in [6, 6.07) is 44.4. The van der Waals surface area contributed by atoms with Crippen LogP contribution in [-0.4, -0.2) is 0 Å². The standard InChI is InChI=1S/C48H49NS/c1-46(2)24-25-47(3,4)44-39(46)15-10-16-40(44)49(37-22-20-34(21-23-37)33-12-6-5-7-13-33)41-17-11-19-43-45(41)48(38-14-8-9-18-42(38)50-43)35-27-31-26-32(29-35)30-36(48)28-31/h5-23,31-32,35-36H,24-30H2,1-4H3. The Kier molecular flexibility index (Phi) is 6.90. The van der Waals surface area contributed by atoms with Gasteiger partial charge in [-0.15, -0.1) is 0 Å². The lowest BCUT2D eigenvalue weighted by Crippen LogP contribution is -2.57. The molecule has 4 bridgehead atoms. The predicted molar refractivity (Wildman–Crippen MR) is 210 cm³/mol. The molecule has 11 rings (SSSR count). The van der Waals surface area contributed by atoms with E-state index in [4.69, 9.17) is 0 Å². The average Bonchev–Trinajstić information content (AvgIpc) is 3.12. The van der Waals surface area contributed by atoms with Crippen molar-refractivity contribution in [1.29, 1.82) is 0 Å². The van der Waals surface area contributed by atoms with Gasteiger partial charge in [-0.2, -0.15) is 0 Å². The summed E-state index contributed by atoms with van der Waals surface area (Å²) in [5.41, 5.74) is 13.1. The van der Waals surface area contributed by atoms with Crippen LogP contribution in [0.5, 0.6) is 0 Å². The van der Waals surface area contributed by atoms with Crippen molar-refractivity contribution in [3.8, 4) is 11.1 Å². The number of hydrogen-bond acceptors (Lipinski definition) is 2. The van der Waals surface area contributed by atoms with Gasteiger partial charge in [0.05, 0.1) is 11.4 Å².